The zero-order valence-corrected chi connectivity index (χ0v) is 11.7. The molecule has 0 aromatic heterocycles. The molecule has 4 nitrogen and oxygen atoms in total. The van der Waals surface area contributed by atoms with E-state index < -0.39 is 0 Å². The van der Waals surface area contributed by atoms with Crippen LogP contribution in [-0.2, 0) is 9.59 Å². The molecule has 2 aromatic rings. The molecule has 0 spiro atoms. The molecule has 0 heterocycles. The van der Waals surface area contributed by atoms with Crippen LogP contribution in [0.3, 0.4) is 0 Å². The highest BCUT2D eigenvalue weighted by Gasteiger charge is 1.99. The first kappa shape index (κ1) is 14.5. The van der Waals surface area contributed by atoms with Gasteiger partial charge in [-0.25, -0.2) is 0 Å². The fourth-order valence-corrected chi connectivity index (χ4v) is 1.76. The Bertz CT molecular complexity index is 646. The highest BCUT2D eigenvalue weighted by Crippen LogP contribution is 2.13. The standard InChI is InChI=1S/C17H16N2O2/c1-13(20)18-15-8-10-16(11-9-15)19-17(21)12-7-14-5-3-2-4-6-14/h2-12H,1H3,(H,18,20)(H,19,21)/b12-7+. The molecule has 2 N–H and O–H groups in total. The molecule has 2 amide bonds. The summed E-state index contributed by atoms with van der Waals surface area (Å²) in [5.74, 6) is -0.330. The van der Waals surface area contributed by atoms with Crippen LogP contribution in [0.25, 0.3) is 6.08 Å². The lowest BCUT2D eigenvalue weighted by atomic mass is 10.2. The number of benzene rings is 2. The molecule has 2 aromatic carbocycles. The van der Waals surface area contributed by atoms with Crippen LogP contribution in [0.1, 0.15) is 12.5 Å². The fraction of sp³-hybridized carbons (Fsp3) is 0.0588. The van der Waals surface area contributed by atoms with Crippen molar-refractivity contribution in [3.8, 4) is 0 Å². The molecule has 4 heteroatoms. The Kier molecular flexibility index (Phi) is 4.88. The number of hydrogen-bond acceptors (Lipinski definition) is 2. The molecule has 0 radical (unpaired) electrons. The smallest absolute Gasteiger partial charge is 0.248 e. The minimum atomic E-state index is -0.203. The third-order valence-corrected chi connectivity index (χ3v) is 2.70. The number of carbonyl (C=O) groups is 2. The van der Waals surface area contributed by atoms with E-state index in [1.54, 1.807) is 30.3 Å². The van der Waals surface area contributed by atoms with E-state index in [1.807, 2.05) is 30.3 Å². The number of carbonyl (C=O) groups excluding carboxylic acids is 2. The van der Waals surface area contributed by atoms with Gasteiger partial charge in [0.15, 0.2) is 0 Å². The second-order valence-corrected chi connectivity index (χ2v) is 4.49. The number of anilines is 2. The van der Waals surface area contributed by atoms with Gasteiger partial charge in [0, 0.05) is 24.4 Å². The summed E-state index contributed by atoms with van der Waals surface area (Å²) in [7, 11) is 0. The van der Waals surface area contributed by atoms with E-state index in [4.69, 9.17) is 0 Å². The molecule has 2 rings (SSSR count). The van der Waals surface area contributed by atoms with Crippen molar-refractivity contribution < 1.29 is 9.59 Å². The summed E-state index contributed by atoms with van der Waals surface area (Å²) in [5, 5.41) is 5.42. The zero-order chi connectivity index (χ0) is 15.1. The summed E-state index contributed by atoms with van der Waals surface area (Å²) in [6, 6.07) is 16.5. The quantitative estimate of drug-likeness (QED) is 0.844. The van der Waals surface area contributed by atoms with Crippen LogP contribution in [0.2, 0.25) is 0 Å². The second kappa shape index (κ2) is 7.05. The van der Waals surface area contributed by atoms with Crippen LogP contribution in [0.4, 0.5) is 11.4 Å². The molecule has 21 heavy (non-hydrogen) atoms. The van der Waals surface area contributed by atoms with Crippen LogP contribution in [0.15, 0.2) is 60.7 Å². The van der Waals surface area contributed by atoms with E-state index >= 15 is 0 Å². The Balaban J connectivity index is 1.93. The molecule has 0 bridgehead atoms. The lowest BCUT2D eigenvalue weighted by Crippen LogP contribution is -2.08. The van der Waals surface area contributed by atoms with Gasteiger partial charge in [0.2, 0.25) is 11.8 Å². The van der Waals surface area contributed by atoms with Crippen LogP contribution in [0, 0.1) is 0 Å². The van der Waals surface area contributed by atoms with Crippen molar-refractivity contribution in [3.05, 3.63) is 66.2 Å². The van der Waals surface area contributed by atoms with Crippen LogP contribution in [0.5, 0.6) is 0 Å². The van der Waals surface area contributed by atoms with E-state index in [9.17, 15) is 9.59 Å². The number of rotatable bonds is 4. The van der Waals surface area contributed by atoms with Gasteiger partial charge in [-0.2, -0.15) is 0 Å². The second-order valence-electron chi connectivity index (χ2n) is 4.49. The van der Waals surface area contributed by atoms with Crippen molar-refractivity contribution in [2.24, 2.45) is 0 Å². The van der Waals surface area contributed by atoms with Crippen molar-refractivity contribution in [1.82, 2.24) is 0 Å². The Labute approximate surface area is 123 Å². The Morgan fingerprint density at radius 3 is 2.00 bits per heavy atom. The van der Waals surface area contributed by atoms with E-state index in [-0.39, 0.29) is 11.8 Å². The number of nitrogens with one attached hydrogen (secondary N) is 2. The monoisotopic (exact) mass is 280 g/mol. The Morgan fingerprint density at radius 2 is 1.43 bits per heavy atom. The maximum absolute atomic E-state index is 11.8. The van der Waals surface area contributed by atoms with Gasteiger partial charge >= 0.3 is 0 Å². The molecule has 106 valence electrons. The molecule has 0 aliphatic rings. The lowest BCUT2D eigenvalue weighted by Gasteiger charge is -2.05. The highest BCUT2D eigenvalue weighted by atomic mass is 16.2. The van der Waals surface area contributed by atoms with Gasteiger partial charge in [-0.15, -0.1) is 0 Å². The lowest BCUT2D eigenvalue weighted by molar-refractivity contribution is -0.114. The topological polar surface area (TPSA) is 58.2 Å². The van der Waals surface area contributed by atoms with E-state index in [0.29, 0.717) is 11.4 Å². The SMILES string of the molecule is CC(=O)Nc1ccc(NC(=O)/C=C/c2ccccc2)cc1. The third kappa shape index (κ3) is 4.95. The molecule has 0 fully saturated rings. The first-order valence-electron chi connectivity index (χ1n) is 6.55. The van der Waals surface area contributed by atoms with Crippen molar-refractivity contribution in [2.75, 3.05) is 10.6 Å². The molecule has 0 unspecified atom stereocenters. The van der Waals surface area contributed by atoms with Gasteiger partial charge < -0.3 is 10.6 Å². The van der Waals surface area contributed by atoms with Gasteiger partial charge in [-0.1, -0.05) is 30.3 Å². The predicted molar refractivity (Wildman–Crippen MR) is 84.9 cm³/mol. The Hall–Kier alpha value is -2.88. The third-order valence-electron chi connectivity index (χ3n) is 2.70. The van der Waals surface area contributed by atoms with Gasteiger partial charge in [-0.05, 0) is 35.9 Å². The van der Waals surface area contributed by atoms with Crippen LogP contribution >= 0.6 is 0 Å². The fourth-order valence-electron chi connectivity index (χ4n) is 1.76. The first-order valence-corrected chi connectivity index (χ1v) is 6.55. The molecular formula is C17H16N2O2. The van der Waals surface area contributed by atoms with E-state index in [0.717, 1.165) is 5.56 Å². The van der Waals surface area contributed by atoms with Crippen LogP contribution < -0.4 is 10.6 Å². The zero-order valence-electron chi connectivity index (χ0n) is 11.7. The molecule has 0 saturated heterocycles. The van der Waals surface area contributed by atoms with Gasteiger partial charge in [0.1, 0.15) is 0 Å². The summed E-state index contributed by atoms with van der Waals surface area (Å²) in [5.41, 5.74) is 2.33. The summed E-state index contributed by atoms with van der Waals surface area (Å²) in [4.78, 5) is 22.7. The molecule has 0 saturated carbocycles. The van der Waals surface area contributed by atoms with Gasteiger partial charge in [-0.3, -0.25) is 9.59 Å². The number of hydrogen-bond donors (Lipinski definition) is 2. The average molecular weight is 280 g/mol. The van der Waals surface area contributed by atoms with E-state index in [2.05, 4.69) is 10.6 Å². The summed E-state index contributed by atoms with van der Waals surface area (Å²) >= 11 is 0. The predicted octanol–water partition coefficient (Wildman–Crippen LogP) is 3.30. The summed E-state index contributed by atoms with van der Waals surface area (Å²) in [6.07, 6.45) is 3.23. The maximum atomic E-state index is 11.8. The average Bonchev–Trinajstić information content (AvgIpc) is 2.48. The number of amides is 2. The minimum absolute atomic E-state index is 0.127. The largest absolute Gasteiger partial charge is 0.326 e. The van der Waals surface area contributed by atoms with Crippen LogP contribution in [-0.4, -0.2) is 11.8 Å². The molecule has 0 aliphatic heterocycles. The minimum Gasteiger partial charge on any atom is -0.326 e. The normalized spacial score (nSPS) is 10.3. The van der Waals surface area contributed by atoms with Crippen molar-refractivity contribution in [1.29, 1.82) is 0 Å². The maximum Gasteiger partial charge on any atom is 0.248 e. The summed E-state index contributed by atoms with van der Waals surface area (Å²) in [6.45, 7) is 1.45. The van der Waals surface area contributed by atoms with Gasteiger partial charge in [0.25, 0.3) is 0 Å². The van der Waals surface area contributed by atoms with Crippen molar-refractivity contribution in [2.45, 2.75) is 6.92 Å². The van der Waals surface area contributed by atoms with Gasteiger partial charge in [0.05, 0.1) is 0 Å². The van der Waals surface area contributed by atoms with Crippen molar-refractivity contribution in [3.63, 3.8) is 0 Å². The van der Waals surface area contributed by atoms with Crippen molar-refractivity contribution >= 4 is 29.3 Å². The summed E-state index contributed by atoms with van der Waals surface area (Å²) < 4.78 is 0. The molecular weight excluding hydrogens is 264 g/mol. The Morgan fingerprint density at radius 1 is 0.857 bits per heavy atom. The highest BCUT2D eigenvalue weighted by molar-refractivity contribution is 6.02. The van der Waals surface area contributed by atoms with E-state index in [1.165, 1.54) is 13.0 Å². The molecule has 0 aliphatic carbocycles. The first-order chi connectivity index (χ1) is 10.1. The molecule has 0 atom stereocenters.